The molecule has 12 heavy (non-hydrogen) atoms. The van der Waals surface area contributed by atoms with Crippen LogP contribution < -0.4 is 5.73 Å². The highest BCUT2D eigenvalue weighted by Gasteiger charge is 2.06. The van der Waals surface area contributed by atoms with Gasteiger partial charge < -0.3 is 10.8 Å². The molecular weight excluding hydrogens is 177 g/mol. The van der Waals surface area contributed by atoms with Crippen molar-refractivity contribution in [3.8, 4) is 5.75 Å². The molecule has 0 spiro atoms. The van der Waals surface area contributed by atoms with Crippen LogP contribution >= 0.6 is 12.6 Å². The maximum Gasteiger partial charge on any atom is 0.165 e. The van der Waals surface area contributed by atoms with Gasteiger partial charge >= 0.3 is 0 Å². The van der Waals surface area contributed by atoms with Crippen LogP contribution in [0.2, 0.25) is 0 Å². The van der Waals surface area contributed by atoms with Crippen molar-refractivity contribution in [2.45, 2.75) is 6.04 Å². The quantitative estimate of drug-likeness (QED) is 0.614. The Hall–Kier alpha value is -0.740. The van der Waals surface area contributed by atoms with Gasteiger partial charge in [0.25, 0.3) is 0 Å². The number of thiol groups is 1. The smallest absolute Gasteiger partial charge is 0.165 e. The number of phenolic OH excluding ortho intramolecular Hbond substituents is 1. The Labute approximate surface area is 75.6 Å². The van der Waals surface area contributed by atoms with Crippen LogP contribution in [-0.2, 0) is 0 Å². The molecule has 0 saturated heterocycles. The van der Waals surface area contributed by atoms with Crippen molar-refractivity contribution in [3.05, 3.63) is 29.6 Å². The fourth-order valence-electron chi connectivity index (χ4n) is 0.859. The number of phenols is 1. The first-order valence-electron chi connectivity index (χ1n) is 3.50. The van der Waals surface area contributed by atoms with Crippen molar-refractivity contribution in [2.75, 3.05) is 5.75 Å². The van der Waals surface area contributed by atoms with E-state index in [0.717, 1.165) is 0 Å². The van der Waals surface area contributed by atoms with E-state index in [-0.39, 0.29) is 11.8 Å². The molecule has 4 heteroatoms. The van der Waals surface area contributed by atoms with E-state index < -0.39 is 5.82 Å². The van der Waals surface area contributed by atoms with Crippen molar-refractivity contribution >= 4 is 12.6 Å². The summed E-state index contributed by atoms with van der Waals surface area (Å²) in [7, 11) is 0. The Bertz CT molecular complexity index is 280. The van der Waals surface area contributed by atoms with E-state index in [9.17, 15) is 4.39 Å². The molecule has 1 aromatic carbocycles. The Balaban J connectivity index is 2.96. The minimum absolute atomic E-state index is 0.288. The number of hydrogen-bond donors (Lipinski definition) is 3. The molecule has 0 aromatic heterocycles. The van der Waals surface area contributed by atoms with E-state index in [4.69, 9.17) is 10.8 Å². The van der Waals surface area contributed by atoms with Crippen LogP contribution in [0.4, 0.5) is 4.39 Å². The van der Waals surface area contributed by atoms with Gasteiger partial charge in [-0.05, 0) is 17.7 Å². The van der Waals surface area contributed by atoms with Crippen molar-refractivity contribution < 1.29 is 9.50 Å². The Morgan fingerprint density at radius 2 is 2.25 bits per heavy atom. The predicted octanol–water partition coefficient (Wildman–Crippen LogP) is 1.46. The summed E-state index contributed by atoms with van der Waals surface area (Å²) in [5.41, 5.74) is 6.23. The molecule has 0 saturated carbocycles. The normalized spacial score (nSPS) is 12.9. The largest absolute Gasteiger partial charge is 0.505 e. The maximum atomic E-state index is 12.7. The number of nitrogens with two attached hydrogens (primary N) is 1. The minimum atomic E-state index is -0.648. The molecule has 1 rings (SSSR count). The molecular formula is C8H10FNOS. The Morgan fingerprint density at radius 1 is 1.58 bits per heavy atom. The number of hydrogen-bond acceptors (Lipinski definition) is 3. The highest BCUT2D eigenvalue weighted by molar-refractivity contribution is 7.80. The minimum Gasteiger partial charge on any atom is -0.505 e. The number of benzene rings is 1. The van der Waals surface area contributed by atoms with E-state index >= 15 is 0 Å². The molecule has 0 amide bonds. The lowest BCUT2D eigenvalue weighted by Crippen LogP contribution is -2.11. The summed E-state index contributed by atoms with van der Waals surface area (Å²) in [6.45, 7) is 0. The van der Waals surface area contributed by atoms with Crippen molar-refractivity contribution in [1.82, 2.24) is 0 Å². The van der Waals surface area contributed by atoms with Crippen LogP contribution in [-0.4, -0.2) is 10.9 Å². The van der Waals surface area contributed by atoms with Gasteiger partial charge in [0, 0.05) is 11.8 Å². The third-order valence-electron chi connectivity index (χ3n) is 1.60. The summed E-state index contributed by atoms with van der Waals surface area (Å²) in [4.78, 5) is 0. The summed E-state index contributed by atoms with van der Waals surface area (Å²) in [6.07, 6.45) is 0. The average Bonchev–Trinajstić information content (AvgIpc) is 2.08. The second kappa shape index (κ2) is 3.78. The Morgan fingerprint density at radius 3 is 2.75 bits per heavy atom. The third-order valence-corrected chi connectivity index (χ3v) is 1.99. The topological polar surface area (TPSA) is 46.2 Å². The second-order valence-corrected chi connectivity index (χ2v) is 2.87. The molecule has 1 aromatic rings. The van der Waals surface area contributed by atoms with E-state index in [1.807, 2.05) is 0 Å². The highest BCUT2D eigenvalue weighted by Crippen LogP contribution is 2.19. The molecule has 1 atom stereocenters. The van der Waals surface area contributed by atoms with Gasteiger partial charge in [0.15, 0.2) is 11.6 Å². The summed E-state index contributed by atoms with van der Waals surface area (Å²) in [6, 6.07) is 3.80. The van der Waals surface area contributed by atoms with Crippen molar-refractivity contribution in [2.24, 2.45) is 5.73 Å². The van der Waals surface area contributed by atoms with Gasteiger partial charge in [0.2, 0.25) is 0 Å². The van der Waals surface area contributed by atoms with Gasteiger partial charge in [0.1, 0.15) is 0 Å². The van der Waals surface area contributed by atoms with E-state index in [1.54, 1.807) is 6.07 Å². The zero-order valence-corrected chi connectivity index (χ0v) is 7.26. The second-order valence-electron chi connectivity index (χ2n) is 2.50. The van der Waals surface area contributed by atoms with E-state index in [1.165, 1.54) is 12.1 Å². The number of rotatable bonds is 2. The molecule has 0 bridgehead atoms. The molecule has 1 unspecified atom stereocenters. The molecule has 0 radical (unpaired) electrons. The van der Waals surface area contributed by atoms with Crippen LogP contribution in [0.1, 0.15) is 11.6 Å². The molecule has 0 aliphatic rings. The standard InChI is InChI=1S/C8H10FNOS/c9-6-3-5(7(10)4-12)1-2-8(6)11/h1-3,7,11-12H,4,10H2. The van der Waals surface area contributed by atoms with E-state index in [0.29, 0.717) is 11.3 Å². The predicted molar refractivity (Wildman–Crippen MR) is 48.8 cm³/mol. The molecule has 3 N–H and O–H groups in total. The van der Waals surface area contributed by atoms with Gasteiger partial charge in [-0.15, -0.1) is 0 Å². The van der Waals surface area contributed by atoms with Gasteiger partial charge in [-0.3, -0.25) is 0 Å². The van der Waals surface area contributed by atoms with Crippen molar-refractivity contribution in [3.63, 3.8) is 0 Å². The first-order chi connectivity index (χ1) is 5.65. The first kappa shape index (κ1) is 9.35. The maximum absolute atomic E-state index is 12.7. The fourth-order valence-corrected chi connectivity index (χ4v) is 1.07. The third kappa shape index (κ3) is 1.89. The van der Waals surface area contributed by atoms with Crippen LogP contribution in [0.25, 0.3) is 0 Å². The Kier molecular flexibility index (Phi) is 2.94. The lowest BCUT2D eigenvalue weighted by atomic mass is 10.1. The summed E-state index contributed by atoms with van der Waals surface area (Å²) in [5, 5.41) is 8.86. The van der Waals surface area contributed by atoms with Gasteiger partial charge in [-0.25, -0.2) is 4.39 Å². The summed E-state index contributed by atoms with van der Waals surface area (Å²) in [5.74, 6) is -0.556. The van der Waals surface area contributed by atoms with Crippen LogP contribution in [0, 0.1) is 5.82 Å². The first-order valence-corrected chi connectivity index (χ1v) is 4.13. The summed E-state index contributed by atoms with van der Waals surface area (Å²) < 4.78 is 12.7. The van der Waals surface area contributed by atoms with Crippen LogP contribution in [0.3, 0.4) is 0 Å². The number of halogens is 1. The zero-order valence-electron chi connectivity index (χ0n) is 6.37. The fraction of sp³-hybridized carbons (Fsp3) is 0.250. The molecule has 66 valence electrons. The monoisotopic (exact) mass is 187 g/mol. The highest BCUT2D eigenvalue weighted by atomic mass is 32.1. The molecule has 0 aliphatic heterocycles. The molecule has 0 fully saturated rings. The average molecular weight is 187 g/mol. The lowest BCUT2D eigenvalue weighted by Gasteiger charge is -2.08. The molecule has 2 nitrogen and oxygen atoms in total. The summed E-state index contributed by atoms with van der Waals surface area (Å²) >= 11 is 3.98. The van der Waals surface area contributed by atoms with Gasteiger partial charge in [-0.1, -0.05) is 6.07 Å². The molecule has 0 heterocycles. The van der Waals surface area contributed by atoms with Crippen LogP contribution in [0.15, 0.2) is 18.2 Å². The van der Waals surface area contributed by atoms with Gasteiger partial charge in [0.05, 0.1) is 0 Å². The zero-order chi connectivity index (χ0) is 9.14. The molecule has 0 aliphatic carbocycles. The SMILES string of the molecule is NC(CS)c1ccc(O)c(F)c1. The lowest BCUT2D eigenvalue weighted by molar-refractivity contribution is 0.431. The van der Waals surface area contributed by atoms with E-state index in [2.05, 4.69) is 12.6 Å². The van der Waals surface area contributed by atoms with Crippen LogP contribution in [0.5, 0.6) is 5.75 Å². The van der Waals surface area contributed by atoms with Crippen molar-refractivity contribution in [1.29, 1.82) is 0 Å². The van der Waals surface area contributed by atoms with Gasteiger partial charge in [-0.2, -0.15) is 12.6 Å². The number of aromatic hydroxyl groups is 1.